The summed E-state index contributed by atoms with van der Waals surface area (Å²) >= 11 is 6.03. The molecule has 0 radical (unpaired) electrons. The van der Waals surface area contributed by atoms with Crippen LogP contribution in [0.25, 0.3) is 10.9 Å². The topological polar surface area (TPSA) is 66.8 Å². The number of fused-ring (bicyclic) bond motifs is 2. The average Bonchev–Trinajstić information content (AvgIpc) is 3.30. The van der Waals surface area contributed by atoms with Gasteiger partial charge in [-0.25, -0.2) is 0 Å². The summed E-state index contributed by atoms with van der Waals surface area (Å²) in [5.74, 6) is 1.26. The number of aromatic nitrogens is 1. The summed E-state index contributed by atoms with van der Waals surface area (Å²) in [6, 6.07) is 17.7. The molecule has 1 aliphatic heterocycles. The zero-order valence-corrected chi connectivity index (χ0v) is 18.6. The number of pyridine rings is 1. The fourth-order valence-electron chi connectivity index (χ4n) is 3.91. The highest BCUT2D eigenvalue weighted by molar-refractivity contribution is 6.30. The van der Waals surface area contributed by atoms with E-state index in [2.05, 4.69) is 0 Å². The van der Waals surface area contributed by atoms with E-state index < -0.39 is 0 Å². The molecule has 0 saturated carbocycles. The van der Waals surface area contributed by atoms with Crippen LogP contribution in [0.5, 0.6) is 17.2 Å². The molecule has 1 aromatic heterocycles. The van der Waals surface area contributed by atoms with Crippen molar-refractivity contribution in [3.05, 3.63) is 98.8 Å². The van der Waals surface area contributed by atoms with Crippen molar-refractivity contribution >= 4 is 28.3 Å². The second-order valence-corrected chi connectivity index (χ2v) is 8.07. The second-order valence-electron chi connectivity index (χ2n) is 7.64. The molecule has 3 aromatic carbocycles. The van der Waals surface area contributed by atoms with E-state index >= 15 is 0 Å². The van der Waals surface area contributed by atoms with Crippen molar-refractivity contribution in [3.8, 4) is 17.2 Å². The fourth-order valence-corrected chi connectivity index (χ4v) is 4.03. The molecule has 7 heteroatoms. The molecule has 1 aliphatic rings. The standard InChI is InChI=1S/C26H20ClNO5/c1-2-31-19-8-9-22-20(12-19)26(30)21(14-28(22)13-16-3-6-18(27)7-4-16)25(29)17-5-10-23-24(11-17)33-15-32-23/h3-12,14H,2,13,15H2,1H3. The van der Waals surface area contributed by atoms with Gasteiger partial charge < -0.3 is 18.8 Å². The van der Waals surface area contributed by atoms with Crippen LogP contribution < -0.4 is 19.6 Å². The Bertz CT molecular complexity index is 1430. The summed E-state index contributed by atoms with van der Waals surface area (Å²) in [5, 5.41) is 1.06. The Morgan fingerprint density at radius 2 is 1.82 bits per heavy atom. The van der Waals surface area contributed by atoms with E-state index in [1.54, 1.807) is 30.5 Å². The summed E-state index contributed by atoms with van der Waals surface area (Å²) in [6.07, 6.45) is 1.62. The monoisotopic (exact) mass is 461 g/mol. The van der Waals surface area contributed by atoms with E-state index in [0.29, 0.717) is 51.9 Å². The number of ketones is 1. The number of carbonyl (C=O) groups excluding carboxylic acids is 1. The number of carbonyl (C=O) groups is 1. The van der Waals surface area contributed by atoms with Crippen LogP contribution in [0.1, 0.15) is 28.4 Å². The van der Waals surface area contributed by atoms with Crippen LogP contribution in [-0.4, -0.2) is 23.8 Å². The Morgan fingerprint density at radius 3 is 2.61 bits per heavy atom. The summed E-state index contributed by atoms with van der Waals surface area (Å²) in [7, 11) is 0. The molecule has 6 nitrogen and oxygen atoms in total. The molecule has 5 rings (SSSR count). The Kier molecular flexibility index (Phi) is 5.52. The lowest BCUT2D eigenvalue weighted by Gasteiger charge is -2.15. The maximum absolute atomic E-state index is 13.4. The van der Waals surface area contributed by atoms with Crippen LogP contribution in [-0.2, 0) is 6.54 Å². The largest absolute Gasteiger partial charge is 0.494 e. The first-order valence-electron chi connectivity index (χ1n) is 10.5. The SMILES string of the molecule is CCOc1ccc2c(c1)c(=O)c(C(=O)c1ccc3c(c1)OCO3)cn2Cc1ccc(Cl)cc1. The molecule has 0 saturated heterocycles. The van der Waals surface area contributed by atoms with Crippen LogP contribution in [0.3, 0.4) is 0 Å². The molecule has 0 bridgehead atoms. The molecule has 0 amide bonds. The lowest BCUT2D eigenvalue weighted by Crippen LogP contribution is -2.20. The Balaban J connectivity index is 1.65. The highest BCUT2D eigenvalue weighted by Crippen LogP contribution is 2.33. The van der Waals surface area contributed by atoms with E-state index in [1.807, 2.05) is 47.9 Å². The van der Waals surface area contributed by atoms with Gasteiger partial charge in [0.1, 0.15) is 5.75 Å². The molecular weight excluding hydrogens is 442 g/mol. The number of ether oxygens (including phenoxy) is 3. The van der Waals surface area contributed by atoms with Gasteiger partial charge in [0.25, 0.3) is 0 Å². The van der Waals surface area contributed by atoms with Crippen molar-refractivity contribution in [2.24, 2.45) is 0 Å². The minimum absolute atomic E-state index is 0.0731. The second kappa shape index (κ2) is 8.64. The lowest BCUT2D eigenvalue weighted by atomic mass is 10.0. The molecule has 0 atom stereocenters. The zero-order valence-electron chi connectivity index (χ0n) is 17.8. The van der Waals surface area contributed by atoms with Crippen LogP contribution in [0, 0.1) is 0 Å². The van der Waals surface area contributed by atoms with Gasteiger partial charge in [0.15, 0.2) is 17.3 Å². The van der Waals surface area contributed by atoms with Gasteiger partial charge in [-0.05, 0) is 61.0 Å². The van der Waals surface area contributed by atoms with Crippen molar-refractivity contribution in [2.45, 2.75) is 13.5 Å². The molecule has 0 N–H and O–H groups in total. The van der Waals surface area contributed by atoms with E-state index in [9.17, 15) is 9.59 Å². The number of benzene rings is 3. The van der Waals surface area contributed by atoms with E-state index in [4.69, 9.17) is 25.8 Å². The van der Waals surface area contributed by atoms with Crippen molar-refractivity contribution in [1.82, 2.24) is 4.57 Å². The summed E-state index contributed by atoms with van der Waals surface area (Å²) < 4.78 is 18.2. The highest BCUT2D eigenvalue weighted by atomic mass is 35.5. The summed E-state index contributed by atoms with van der Waals surface area (Å²) in [4.78, 5) is 26.8. The number of hydrogen-bond acceptors (Lipinski definition) is 5. The highest BCUT2D eigenvalue weighted by Gasteiger charge is 2.21. The predicted molar refractivity (Wildman–Crippen MR) is 126 cm³/mol. The van der Waals surface area contributed by atoms with E-state index in [0.717, 1.165) is 5.56 Å². The van der Waals surface area contributed by atoms with Crippen molar-refractivity contribution in [3.63, 3.8) is 0 Å². The van der Waals surface area contributed by atoms with Gasteiger partial charge in [0, 0.05) is 23.3 Å². The van der Waals surface area contributed by atoms with Crippen molar-refractivity contribution in [2.75, 3.05) is 13.4 Å². The molecule has 0 unspecified atom stereocenters. The molecule has 4 aromatic rings. The van der Waals surface area contributed by atoms with Gasteiger partial charge in [-0.15, -0.1) is 0 Å². The zero-order chi connectivity index (χ0) is 22.9. The van der Waals surface area contributed by atoms with Crippen LogP contribution >= 0.6 is 11.6 Å². The van der Waals surface area contributed by atoms with Gasteiger partial charge >= 0.3 is 0 Å². The quantitative estimate of drug-likeness (QED) is 0.375. The van der Waals surface area contributed by atoms with Gasteiger partial charge in [-0.2, -0.15) is 0 Å². The first-order valence-corrected chi connectivity index (χ1v) is 10.9. The third-order valence-electron chi connectivity index (χ3n) is 5.51. The molecule has 2 heterocycles. The number of nitrogens with zero attached hydrogens (tertiary/aromatic N) is 1. The van der Waals surface area contributed by atoms with Gasteiger partial charge in [0.2, 0.25) is 12.2 Å². The summed E-state index contributed by atoms with van der Waals surface area (Å²) in [5.41, 5.74) is 1.78. The number of rotatable bonds is 6. The Morgan fingerprint density at radius 1 is 1.03 bits per heavy atom. The first kappa shape index (κ1) is 21.1. The minimum Gasteiger partial charge on any atom is -0.494 e. The average molecular weight is 462 g/mol. The normalized spacial score (nSPS) is 12.2. The maximum Gasteiger partial charge on any atom is 0.231 e. The lowest BCUT2D eigenvalue weighted by molar-refractivity contribution is 0.103. The van der Waals surface area contributed by atoms with Crippen LogP contribution in [0.15, 0.2) is 71.7 Å². The molecule has 33 heavy (non-hydrogen) atoms. The Hall–Kier alpha value is -3.77. The minimum atomic E-state index is -0.383. The van der Waals surface area contributed by atoms with Crippen molar-refractivity contribution < 1.29 is 19.0 Å². The fraction of sp³-hybridized carbons (Fsp3) is 0.154. The molecular formula is C26H20ClNO5. The van der Waals surface area contributed by atoms with E-state index in [-0.39, 0.29) is 23.6 Å². The summed E-state index contributed by atoms with van der Waals surface area (Å²) in [6.45, 7) is 2.92. The Labute approximate surface area is 194 Å². The number of hydrogen-bond donors (Lipinski definition) is 0. The molecule has 166 valence electrons. The third-order valence-corrected chi connectivity index (χ3v) is 5.76. The smallest absolute Gasteiger partial charge is 0.231 e. The van der Waals surface area contributed by atoms with Crippen LogP contribution in [0.4, 0.5) is 0 Å². The van der Waals surface area contributed by atoms with Crippen LogP contribution in [0.2, 0.25) is 5.02 Å². The van der Waals surface area contributed by atoms with Gasteiger partial charge in [0.05, 0.1) is 23.1 Å². The van der Waals surface area contributed by atoms with E-state index in [1.165, 1.54) is 0 Å². The van der Waals surface area contributed by atoms with Gasteiger partial charge in [-0.1, -0.05) is 23.7 Å². The predicted octanol–water partition coefficient (Wildman–Crippen LogP) is 5.06. The number of halogens is 1. The van der Waals surface area contributed by atoms with Gasteiger partial charge in [-0.3, -0.25) is 9.59 Å². The molecule has 0 aliphatic carbocycles. The third kappa shape index (κ3) is 4.05. The first-order chi connectivity index (χ1) is 16.0. The molecule has 0 spiro atoms. The van der Waals surface area contributed by atoms with Crippen molar-refractivity contribution in [1.29, 1.82) is 0 Å². The maximum atomic E-state index is 13.4. The molecule has 0 fully saturated rings.